The van der Waals surface area contributed by atoms with Crippen molar-refractivity contribution in [3.63, 3.8) is 0 Å². The summed E-state index contributed by atoms with van der Waals surface area (Å²) in [5.41, 5.74) is 5.00. The lowest BCUT2D eigenvalue weighted by atomic mass is 10.1. The van der Waals surface area contributed by atoms with Gasteiger partial charge in [-0.25, -0.2) is 4.98 Å². The summed E-state index contributed by atoms with van der Waals surface area (Å²) in [5.74, 6) is 1.22. The third-order valence-electron chi connectivity index (χ3n) is 5.40. The van der Waals surface area contributed by atoms with Crippen molar-refractivity contribution >= 4 is 39.7 Å². The lowest BCUT2D eigenvalue weighted by Gasteiger charge is -2.29. The molecule has 156 valence electrons. The van der Waals surface area contributed by atoms with Crippen molar-refractivity contribution in [3.8, 4) is 0 Å². The average molecular weight is 413 g/mol. The van der Waals surface area contributed by atoms with Crippen LogP contribution in [0.2, 0.25) is 0 Å². The predicted molar refractivity (Wildman–Crippen MR) is 124 cm³/mol. The van der Waals surface area contributed by atoms with Crippen molar-refractivity contribution in [2.24, 2.45) is 0 Å². The van der Waals surface area contributed by atoms with Crippen LogP contribution in [-0.4, -0.2) is 46.3 Å². The molecule has 8 heteroatoms. The molecule has 2 aromatic carbocycles. The molecule has 0 aliphatic carbocycles. The molecule has 1 fully saturated rings. The standard InChI is InChI=1S/C23H24N8/c1-16-3-2-4-19-20(15-26-30-22(16)19)28-21-9-10-25-23(29-21)27-17-5-7-18(8-6-17)31-13-11-24-12-14-31/h2-10,15,24H,11-14H2,1H3,(H2,25,27,28,29,30). The van der Waals surface area contributed by atoms with Crippen LogP contribution in [-0.2, 0) is 0 Å². The number of anilines is 5. The van der Waals surface area contributed by atoms with Gasteiger partial charge < -0.3 is 20.9 Å². The van der Waals surface area contributed by atoms with Crippen molar-refractivity contribution in [2.75, 3.05) is 41.7 Å². The smallest absolute Gasteiger partial charge is 0.229 e. The van der Waals surface area contributed by atoms with E-state index in [2.05, 4.69) is 65.3 Å². The molecule has 0 unspecified atom stereocenters. The zero-order chi connectivity index (χ0) is 21.0. The molecule has 0 atom stereocenters. The third kappa shape index (κ3) is 4.24. The van der Waals surface area contributed by atoms with Gasteiger partial charge in [-0.05, 0) is 42.8 Å². The molecule has 1 saturated heterocycles. The zero-order valence-electron chi connectivity index (χ0n) is 17.3. The highest BCUT2D eigenvalue weighted by Crippen LogP contribution is 2.26. The Balaban J connectivity index is 1.32. The molecule has 8 nitrogen and oxygen atoms in total. The van der Waals surface area contributed by atoms with Gasteiger partial charge in [0.05, 0.1) is 17.4 Å². The molecule has 0 spiro atoms. The second-order valence-corrected chi connectivity index (χ2v) is 7.53. The number of nitrogens with zero attached hydrogens (tertiary/aromatic N) is 5. The summed E-state index contributed by atoms with van der Waals surface area (Å²) in [6, 6.07) is 16.3. The van der Waals surface area contributed by atoms with Gasteiger partial charge in [-0.2, -0.15) is 15.2 Å². The van der Waals surface area contributed by atoms with Crippen LogP contribution in [0.5, 0.6) is 0 Å². The number of fused-ring (bicyclic) bond motifs is 1. The molecule has 31 heavy (non-hydrogen) atoms. The first-order chi connectivity index (χ1) is 15.3. The minimum atomic E-state index is 0.530. The molecule has 1 aliphatic rings. The van der Waals surface area contributed by atoms with Gasteiger partial charge in [-0.15, -0.1) is 0 Å². The van der Waals surface area contributed by atoms with Gasteiger partial charge >= 0.3 is 0 Å². The average Bonchev–Trinajstić information content (AvgIpc) is 2.81. The molecule has 5 rings (SSSR count). The van der Waals surface area contributed by atoms with Gasteiger partial charge in [0.2, 0.25) is 5.95 Å². The van der Waals surface area contributed by atoms with E-state index >= 15 is 0 Å². The number of hydrogen-bond donors (Lipinski definition) is 3. The summed E-state index contributed by atoms with van der Waals surface area (Å²) in [4.78, 5) is 11.3. The maximum absolute atomic E-state index is 4.60. The lowest BCUT2D eigenvalue weighted by molar-refractivity contribution is 0.589. The SMILES string of the molecule is Cc1cccc2c(Nc3ccnc(Nc4ccc(N5CCNCC5)cc4)n3)cnnc12. The van der Waals surface area contributed by atoms with Crippen molar-refractivity contribution < 1.29 is 0 Å². The fourth-order valence-electron chi connectivity index (χ4n) is 3.76. The zero-order valence-corrected chi connectivity index (χ0v) is 17.3. The number of nitrogens with one attached hydrogen (secondary N) is 3. The first-order valence-electron chi connectivity index (χ1n) is 10.4. The molecule has 3 N–H and O–H groups in total. The molecule has 4 aromatic rings. The van der Waals surface area contributed by atoms with E-state index < -0.39 is 0 Å². The first-order valence-corrected chi connectivity index (χ1v) is 10.4. The quantitative estimate of drug-likeness (QED) is 0.458. The minimum absolute atomic E-state index is 0.530. The van der Waals surface area contributed by atoms with E-state index in [0.717, 1.165) is 54.0 Å². The number of hydrogen-bond acceptors (Lipinski definition) is 8. The van der Waals surface area contributed by atoms with Crippen molar-refractivity contribution in [1.82, 2.24) is 25.5 Å². The van der Waals surface area contributed by atoms with E-state index in [-0.39, 0.29) is 0 Å². The Kier molecular flexibility index (Phi) is 5.28. The second kappa shape index (κ2) is 8.53. The van der Waals surface area contributed by atoms with Crippen LogP contribution < -0.4 is 20.9 Å². The molecule has 0 bridgehead atoms. The van der Waals surface area contributed by atoms with Gasteiger partial charge in [0.15, 0.2) is 0 Å². The highest BCUT2D eigenvalue weighted by Gasteiger charge is 2.10. The number of rotatable bonds is 5. The lowest BCUT2D eigenvalue weighted by Crippen LogP contribution is -2.43. The highest BCUT2D eigenvalue weighted by atomic mass is 15.2. The Morgan fingerprint density at radius 1 is 0.968 bits per heavy atom. The number of aromatic nitrogens is 4. The highest BCUT2D eigenvalue weighted by molar-refractivity contribution is 5.93. The maximum Gasteiger partial charge on any atom is 0.229 e. The van der Waals surface area contributed by atoms with E-state index in [1.807, 2.05) is 31.2 Å². The summed E-state index contributed by atoms with van der Waals surface area (Å²) < 4.78 is 0. The third-order valence-corrected chi connectivity index (χ3v) is 5.40. The van der Waals surface area contributed by atoms with Gasteiger partial charge in [0.1, 0.15) is 5.82 Å². The van der Waals surface area contributed by atoms with Crippen LogP contribution in [0.15, 0.2) is 60.9 Å². The number of piperazine rings is 1. The van der Waals surface area contributed by atoms with E-state index in [1.165, 1.54) is 5.69 Å². The van der Waals surface area contributed by atoms with Crippen molar-refractivity contribution in [1.29, 1.82) is 0 Å². The molecule has 3 heterocycles. The maximum atomic E-state index is 4.60. The Morgan fingerprint density at radius 3 is 2.65 bits per heavy atom. The molecule has 0 amide bonds. The monoisotopic (exact) mass is 412 g/mol. The largest absolute Gasteiger partial charge is 0.369 e. The van der Waals surface area contributed by atoms with E-state index in [1.54, 1.807) is 12.4 Å². The van der Waals surface area contributed by atoms with Crippen LogP contribution >= 0.6 is 0 Å². The van der Waals surface area contributed by atoms with Gasteiger partial charge in [-0.3, -0.25) is 0 Å². The molecular formula is C23H24N8. The van der Waals surface area contributed by atoms with Crippen LogP contribution in [0.25, 0.3) is 10.9 Å². The predicted octanol–water partition coefficient (Wildman–Crippen LogP) is 3.63. The molecule has 1 aliphatic heterocycles. The van der Waals surface area contributed by atoms with E-state index in [9.17, 15) is 0 Å². The number of benzene rings is 2. The van der Waals surface area contributed by atoms with Gasteiger partial charge in [0, 0.05) is 49.1 Å². The Morgan fingerprint density at radius 2 is 1.81 bits per heavy atom. The van der Waals surface area contributed by atoms with Gasteiger partial charge in [0.25, 0.3) is 0 Å². The van der Waals surface area contributed by atoms with Crippen LogP contribution in [0.4, 0.5) is 28.8 Å². The Hall–Kier alpha value is -3.78. The molecule has 0 saturated carbocycles. The normalized spacial score (nSPS) is 13.9. The minimum Gasteiger partial charge on any atom is -0.369 e. The number of aryl methyl sites for hydroxylation is 1. The molecule has 2 aromatic heterocycles. The fourth-order valence-corrected chi connectivity index (χ4v) is 3.76. The molecule has 0 radical (unpaired) electrons. The summed E-state index contributed by atoms with van der Waals surface area (Å²) in [7, 11) is 0. The summed E-state index contributed by atoms with van der Waals surface area (Å²) in [6.07, 6.45) is 3.45. The fraction of sp³-hybridized carbons (Fsp3) is 0.217. The van der Waals surface area contributed by atoms with E-state index in [0.29, 0.717) is 11.8 Å². The first kappa shape index (κ1) is 19.2. The van der Waals surface area contributed by atoms with Crippen LogP contribution in [0.3, 0.4) is 0 Å². The topological polar surface area (TPSA) is 90.9 Å². The summed E-state index contributed by atoms with van der Waals surface area (Å²) in [6.45, 7) is 6.13. The van der Waals surface area contributed by atoms with Crippen LogP contribution in [0, 0.1) is 6.92 Å². The Bertz CT molecular complexity index is 1190. The van der Waals surface area contributed by atoms with Gasteiger partial charge in [-0.1, -0.05) is 18.2 Å². The van der Waals surface area contributed by atoms with Crippen molar-refractivity contribution in [2.45, 2.75) is 6.92 Å². The van der Waals surface area contributed by atoms with Crippen molar-refractivity contribution in [3.05, 3.63) is 66.5 Å². The molecular weight excluding hydrogens is 388 g/mol. The summed E-state index contributed by atoms with van der Waals surface area (Å²) >= 11 is 0. The summed E-state index contributed by atoms with van der Waals surface area (Å²) in [5, 5.41) is 19.4. The van der Waals surface area contributed by atoms with E-state index in [4.69, 9.17) is 0 Å². The Labute approximate surface area is 180 Å². The second-order valence-electron chi connectivity index (χ2n) is 7.53. The van der Waals surface area contributed by atoms with Crippen LogP contribution in [0.1, 0.15) is 5.56 Å².